The van der Waals surface area contributed by atoms with Gasteiger partial charge in [-0.05, 0) is 75.0 Å². The number of nitrogens with one attached hydrogen (secondary N) is 2. The molecule has 0 aromatic heterocycles. The van der Waals surface area contributed by atoms with Gasteiger partial charge in [0.2, 0.25) is 11.8 Å². The topological polar surface area (TPSA) is 64.7 Å². The van der Waals surface area contributed by atoms with Crippen molar-refractivity contribution in [2.24, 2.45) is 11.8 Å². The van der Waals surface area contributed by atoms with Crippen molar-refractivity contribution in [3.05, 3.63) is 65.2 Å². The highest BCUT2D eigenvalue weighted by molar-refractivity contribution is 5.93. The van der Waals surface area contributed by atoms with Crippen LogP contribution in [0.1, 0.15) is 29.5 Å². The molecule has 4 rings (SSSR count). The second kappa shape index (κ2) is 11.6. The van der Waals surface area contributed by atoms with Crippen LogP contribution in [-0.2, 0) is 28.9 Å². The van der Waals surface area contributed by atoms with Gasteiger partial charge in [-0.15, -0.1) is 0 Å². The molecular formula is C28H38N4O2. The van der Waals surface area contributed by atoms with Crippen LogP contribution in [0.3, 0.4) is 0 Å². The summed E-state index contributed by atoms with van der Waals surface area (Å²) in [6.07, 6.45) is 4.91. The number of benzene rings is 2. The molecule has 1 heterocycles. The minimum Gasteiger partial charge on any atom is -0.355 e. The summed E-state index contributed by atoms with van der Waals surface area (Å²) in [5.41, 5.74) is 4.90. The number of carbonyl (C=O) groups excluding carboxylic acids is 2. The zero-order valence-electron chi connectivity index (χ0n) is 20.6. The Bertz CT molecular complexity index is 976. The number of amides is 2. The molecule has 34 heavy (non-hydrogen) atoms. The molecule has 2 amide bonds. The number of hydrogen-bond donors (Lipinski definition) is 2. The third-order valence-electron chi connectivity index (χ3n) is 7.05. The molecule has 2 aliphatic rings. The van der Waals surface area contributed by atoms with Gasteiger partial charge in [0.15, 0.2) is 0 Å². The minimum absolute atomic E-state index is 0.0217. The molecule has 0 bridgehead atoms. The summed E-state index contributed by atoms with van der Waals surface area (Å²) < 4.78 is 0. The molecule has 2 aromatic carbocycles. The van der Waals surface area contributed by atoms with Gasteiger partial charge >= 0.3 is 0 Å². The van der Waals surface area contributed by atoms with Crippen LogP contribution < -0.4 is 10.6 Å². The van der Waals surface area contributed by atoms with Gasteiger partial charge in [-0.1, -0.05) is 36.4 Å². The van der Waals surface area contributed by atoms with E-state index < -0.39 is 0 Å². The largest absolute Gasteiger partial charge is 0.355 e. The second-order valence-corrected chi connectivity index (χ2v) is 10.0. The molecule has 6 nitrogen and oxygen atoms in total. The summed E-state index contributed by atoms with van der Waals surface area (Å²) in [5, 5.41) is 6.23. The number of likely N-dealkylation sites (N-methyl/N-ethyl adjacent to an activating group) is 1. The highest BCUT2D eigenvalue weighted by atomic mass is 16.2. The average molecular weight is 463 g/mol. The molecule has 2 aromatic rings. The Balaban J connectivity index is 1.41. The highest BCUT2D eigenvalue weighted by Gasteiger charge is 2.35. The average Bonchev–Trinajstić information content (AvgIpc) is 3.31. The molecule has 0 radical (unpaired) electrons. The number of carbonyl (C=O) groups is 2. The van der Waals surface area contributed by atoms with Gasteiger partial charge in [0.25, 0.3) is 0 Å². The van der Waals surface area contributed by atoms with E-state index >= 15 is 0 Å². The summed E-state index contributed by atoms with van der Waals surface area (Å²) in [6, 6.07) is 16.7. The van der Waals surface area contributed by atoms with Gasteiger partial charge in [0, 0.05) is 38.4 Å². The summed E-state index contributed by atoms with van der Waals surface area (Å²) in [5.74, 6) is -0.306. The van der Waals surface area contributed by atoms with E-state index in [1.165, 1.54) is 23.1 Å². The molecule has 0 unspecified atom stereocenters. The van der Waals surface area contributed by atoms with Crippen LogP contribution in [-0.4, -0.2) is 68.4 Å². The minimum atomic E-state index is -0.206. The molecule has 2 atom stereocenters. The summed E-state index contributed by atoms with van der Waals surface area (Å²) in [4.78, 5) is 30.6. The van der Waals surface area contributed by atoms with Crippen molar-refractivity contribution in [2.45, 2.75) is 32.1 Å². The van der Waals surface area contributed by atoms with Crippen molar-refractivity contribution in [2.75, 3.05) is 52.1 Å². The van der Waals surface area contributed by atoms with Crippen LogP contribution in [0.4, 0.5) is 5.69 Å². The predicted octanol–water partition coefficient (Wildman–Crippen LogP) is 2.97. The van der Waals surface area contributed by atoms with E-state index in [2.05, 4.69) is 56.8 Å². The number of nitrogens with zero attached hydrogens (tertiary/aromatic N) is 2. The van der Waals surface area contributed by atoms with E-state index in [9.17, 15) is 9.59 Å². The lowest BCUT2D eigenvalue weighted by Crippen LogP contribution is -2.50. The first-order valence-corrected chi connectivity index (χ1v) is 12.6. The Morgan fingerprint density at radius 3 is 2.47 bits per heavy atom. The van der Waals surface area contributed by atoms with Crippen LogP contribution in [0.25, 0.3) is 0 Å². The number of aryl methyl sites for hydroxylation is 2. The molecule has 0 spiro atoms. The summed E-state index contributed by atoms with van der Waals surface area (Å²) >= 11 is 0. The maximum atomic E-state index is 13.3. The number of piperidine rings is 1. The molecule has 182 valence electrons. The van der Waals surface area contributed by atoms with Gasteiger partial charge in [0.1, 0.15) is 0 Å². The van der Waals surface area contributed by atoms with E-state index in [0.29, 0.717) is 26.1 Å². The number of fused-ring (bicyclic) bond motifs is 1. The smallest absolute Gasteiger partial charge is 0.228 e. The SMILES string of the molecule is CN(C)CCNC(=O)[C@H]1C[C@@H](C(=O)Nc2ccc3c(c2)CCC3)CN(CCc2ccccc2)C1. The number of likely N-dealkylation sites (tertiary alicyclic amines) is 1. The van der Waals surface area contributed by atoms with Crippen molar-refractivity contribution in [1.82, 2.24) is 15.1 Å². The number of rotatable bonds is 9. The maximum Gasteiger partial charge on any atom is 0.228 e. The fraction of sp³-hybridized carbons (Fsp3) is 0.500. The van der Waals surface area contributed by atoms with Crippen LogP contribution in [0, 0.1) is 11.8 Å². The maximum absolute atomic E-state index is 13.3. The van der Waals surface area contributed by atoms with E-state index in [-0.39, 0.29) is 23.7 Å². The van der Waals surface area contributed by atoms with E-state index in [1.807, 2.05) is 26.2 Å². The lowest BCUT2D eigenvalue weighted by atomic mass is 9.87. The molecule has 2 N–H and O–H groups in total. The van der Waals surface area contributed by atoms with Gasteiger partial charge in [-0.2, -0.15) is 0 Å². The first-order chi connectivity index (χ1) is 16.5. The molecule has 1 aliphatic carbocycles. The van der Waals surface area contributed by atoms with E-state index in [4.69, 9.17) is 0 Å². The van der Waals surface area contributed by atoms with E-state index in [0.717, 1.165) is 38.0 Å². The number of hydrogen-bond acceptors (Lipinski definition) is 4. The molecule has 6 heteroatoms. The third kappa shape index (κ3) is 6.67. The fourth-order valence-corrected chi connectivity index (χ4v) is 5.13. The number of anilines is 1. The highest BCUT2D eigenvalue weighted by Crippen LogP contribution is 2.27. The van der Waals surface area contributed by atoms with E-state index in [1.54, 1.807) is 0 Å². The van der Waals surface area contributed by atoms with Gasteiger partial charge in [-0.25, -0.2) is 0 Å². The lowest BCUT2D eigenvalue weighted by Gasteiger charge is -2.36. The third-order valence-corrected chi connectivity index (χ3v) is 7.05. The second-order valence-electron chi connectivity index (χ2n) is 10.0. The van der Waals surface area contributed by atoms with Gasteiger partial charge < -0.3 is 20.4 Å². The van der Waals surface area contributed by atoms with Crippen molar-refractivity contribution >= 4 is 17.5 Å². The Labute approximate surface area is 203 Å². The van der Waals surface area contributed by atoms with Crippen molar-refractivity contribution in [1.29, 1.82) is 0 Å². The zero-order valence-corrected chi connectivity index (χ0v) is 20.6. The lowest BCUT2D eigenvalue weighted by molar-refractivity contribution is -0.130. The normalized spacial score (nSPS) is 20.2. The summed E-state index contributed by atoms with van der Waals surface area (Å²) in [6.45, 7) is 3.65. The standard InChI is InChI=1S/C28H38N4O2/c1-31(2)16-14-29-27(33)24-17-25(20-32(19-24)15-13-21-7-4-3-5-8-21)28(34)30-26-12-11-22-9-6-10-23(22)18-26/h3-5,7-8,11-12,18,24-25H,6,9-10,13-17,19-20H2,1-2H3,(H,29,33)(H,30,34)/t24-,25+/m0/s1. The molecule has 1 fully saturated rings. The van der Waals surface area contributed by atoms with Gasteiger partial charge in [-0.3, -0.25) is 9.59 Å². The van der Waals surface area contributed by atoms with Crippen molar-refractivity contribution in [3.63, 3.8) is 0 Å². The molecular weight excluding hydrogens is 424 g/mol. The quantitative estimate of drug-likeness (QED) is 0.601. The van der Waals surface area contributed by atoms with Crippen LogP contribution in [0.2, 0.25) is 0 Å². The first-order valence-electron chi connectivity index (χ1n) is 12.6. The predicted molar refractivity (Wildman–Crippen MR) is 137 cm³/mol. The Kier molecular flexibility index (Phi) is 8.35. The van der Waals surface area contributed by atoms with Crippen molar-refractivity contribution < 1.29 is 9.59 Å². The van der Waals surface area contributed by atoms with Crippen LogP contribution in [0.15, 0.2) is 48.5 Å². The van der Waals surface area contributed by atoms with Crippen LogP contribution >= 0.6 is 0 Å². The Morgan fingerprint density at radius 1 is 0.971 bits per heavy atom. The Morgan fingerprint density at radius 2 is 1.71 bits per heavy atom. The van der Waals surface area contributed by atoms with Crippen molar-refractivity contribution in [3.8, 4) is 0 Å². The molecule has 1 saturated heterocycles. The molecule has 0 saturated carbocycles. The van der Waals surface area contributed by atoms with Gasteiger partial charge in [0.05, 0.1) is 11.8 Å². The van der Waals surface area contributed by atoms with Crippen LogP contribution in [0.5, 0.6) is 0 Å². The zero-order chi connectivity index (χ0) is 23.9. The monoisotopic (exact) mass is 462 g/mol. The Hall–Kier alpha value is -2.70. The molecule has 1 aliphatic heterocycles. The first kappa shape index (κ1) is 24.4. The fourth-order valence-electron chi connectivity index (χ4n) is 5.13. The summed E-state index contributed by atoms with van der Waals surface area (Å²) in [7, 11) is 3.99.